The average Bonchev–Trinajstić information content (AvgIpc) is 2.52. The van der Waals surface area contributed by atoms with Crippen LogP contribution in [0.1, 0.15) is 23.1 Å². The average molecular weight is 325 g/mol. The molecule has 0 radical (unpaired) electrons. The summed E-state index contributed by atoms with van der Waals surface area (Å²) in [6.45, 7) is 3.86. The van der Waals surface area contributed by atoms with Crippen LogP contribution in [0.5, 0.6) is 5.75 Å². The maximum atomic E-state index is 11.9. The number of aryl methyl sites for hydroxylation is 2. The summed E-state index contributed by atoms with van der Waals surface area (Å²) < 4.78 is 0. The van der Waals surface area contributed by atoms with Gasteiger partial charge in [-0.25, -0.2) is 5.43 Å². The van der Waals surface area contributed by atoms with E-state index in [1.54, 1.807) is 12.1 Å². The van der Waals surface area contributed by atoms with E-state index in [0.717, 1.165) is 11.1 Å². The van der Waals surface area contributed by atoms with Crippen molar-refractivity contribution in [3.8, 4) is 5.75 Å². The Kier molecular flexibility index (Phi) is 5.68. The van der Waals surface area contributed by atoms with Gasteiger partial charge in [0.05, 0.1) is 6.21 Å². The van der Waals surface area contributed by atoms with Crippen molar-refractivity contribution in [1.82, 2.24) is 5.43 Å². The van der Waals surface area contributed by atoms with Crippen LogP contribution in [-0.4, -0.2) is 23.1 Å². The van der Waals surface area contributed by atoms with Gasteiger partial charge in [0.25, 0.3) is 0 Å². The molecule has 0 bridgehead atoms. The molecule has 0 aliphatic carbocycles. The topological polar surface area (TPSA) is 90.8 Å². The molecule has 0 saturated heterocycles. The SMILES string of the molecule is Cc1ccc(NC(=O)CC(=O)NN=Cc2ccc(O)cc2)c(C)c1. The zero-order valence-corrected chi connectivity index (χ0v) is 13.5. The highest BCUT2D eigenvalue weighted by atomic mass is 16.3. The third-order valence-electron chi connectivity index (χ3n) is 3.27. The second-order valence-corrected chi connectivity index (χ2v) is 5.43. The number of nitrogens with zero attached hydrogens (tertiary/aromatic N) is 1. The van der Waals surface area contributed by atoms with Crippen LogP contribution in [0.4, 0.5) is 5.69 Å². The predicted molar refractivity (Wildman–Crippen MR) is 93.0 cm³/mol. The number of rotatable bonds is 5. The van der Waals surface area contributed by atoms with Crippen LogP contribution in [0.2, 0.25) is 0 Å². The minimum atomic E-state index is -0.507. The zero-order valence-electron chi connectivity index (χ0n) is 13.5. The molecule has 2 aromatic rings. The highest BCUT2D eigenvalue weighted by Crippen LogP contribution is 2.16. The van der Waals surface area contributed by atoms with Crippen LogP contribution in [0.3, 0.4) is 0 Å². The number of benzene rings is 2. The van der Waals surface area contributed by atoms with Gasteiger partial charge in [-0.1, -0.05) is 17.7 Å². The fraction of sp³-hybridized carbons (Fsp3) is 0.167. The molecule has 0 heterocycles. The molecular formula is C18H19N3O3. The summed E-state index contributed by atoms with van der Waals surface area (Å²) in [5, 5.41) is 15.6. The molecule has 0 spiro atoms. The van der Waals surface area contributed by atoms with Crippen molar-refractivity contribution in [1.29, 1.82) is 0 Å². The summed E-state index contributed by atoms with van der Waals surface area (Å²) in [7, 11) is 0. The van der Waals surface area contributed by atoms with Gasteiger partial charge in [0.15, 0.2) is 0 Å². The van der Waals surface area contributed by atoms with E-state index in [1.165, 1.54) is 18.3 Å². The quantitative estimate of drug-likeness (QED) is 0.448. The summed E-state index contributed by atoms with van der Waals surface area (Å²) in [6, 6.07) is 12.0. The molecule has 24 heavy (non-hydrogen) atoms. The van der Waals surface area contributed by atoms with Gasteiger partial charge in [-0.05, 0) is 55.3 Å². The van der Waals surface area contributed by atoms with E-state index in [2.05, 4.69) is 15.8 Å². The maximum absolute atomic E-state index is 11.9. The van der Waals surface area contributed by atoms with Crippen LogP contribution >= 0.6 is 0 Å². The van der Waals surface area contributed by atoms with Gasteiger partial charge in [0.1, 0.15) is 12.2 Å². The van der Waals surface area contributed by atoms with Gasteiger partial charge >= 0.3 is 0 Å². The van der Waals surface area contributed by atoms with Crippen molar-refractivity contribution in [2.45, 2.75) is 20.3 Å². The number of phenolic OH excluding ortho intramolecular Hbond substituents is 1. The third-order valence-corrected chi connectivity index (χ3v) is 3.27. The molecule has 3 N–H and O–H groups in total. The van der Waals surface area contributed by atoms with E-state index in [1.807, 2.05) is 32.0 Å². The fourth-order valence-electron chi connectivity index (χ4n) is 2.07. The van der Waals surface area contributed by atoms with Crippen molar-refractivity contribution in [2.24, 2.45) is 5.10 Å². The van der Waals surface area contributed by atoms with Gasteiger partial charge in [-0.2, -0.15) is 5.10 Å². The second kappa shape index (κ2) is 7.92. The summed E-state index contributed by atoms with van der Waals surface area (Å²) in [6.07, 6.45) is 1.11. The Labute approximate surface area is 140 Å². The monoisotopic (exact) mass is 325 g/mol. The Morgan fingerprint density at radius 2 is 1.79 bits per heavy atom. The van der Waals surface area contributed by atoms with Crippen molar-refractivity contribution in [3.05, 3.63) is 59.2 Å². The van der Waals surface area contributed by atoms with Crippen molar-refractivity contribution in [3.63, 3.8) is 0 Å². The normalized spacial score (nSPS) is 10.6. The first kappa shape index (κ1) is 17.2. The van der Waals surface area contributed by atoms with Gasteiger partial charge in [-0.15, -0.1) is 0 Å². The van der Waals surface area contributed by atoms with Gasteiger partial charge in [-0.3, -0.25) is 9.59 Å². The van der Waals surface area contributed by atoms with E-state index >= 15 is 0 Å². The van der Waals surface area contributed by atoms with Crippen LogP contribution < -0.4 is 10.7 Å². The molecule has 2 aromatic carbocycles. The number of anilines is 1. The molecule has 2 rings (SSSR count). The molecule has 0 saturated carbocycles. The van der Waals surface area contributed by atoms with E-state index < -0.39 is 11.8 Å². The van der Waals surface area contributed by atoms with Gasteiger partial charge in [0.2, 0.25) is 11.8 Å². The van der Waals surface area contributed by atoms with Gasteiger partial charge < -0.3 is 10.4 Å². The molecular weight excluding hydrogens is 306 g/mol. The molecule has 2 amide bonds. The highest BCUT2D eigenvalue weighted by molar-refractivity contribution is 6.04. The molecule has 0 aromatic heterocycles. The zero-order chi connectivity index (χ0) is 17.5. The number of nitrogens with one attached hydrogen (secondary N) is 2. The number of carbonyl (C=O) groups excluding carboxylic acids is 2. The summed E-state index contributed by atoms with van der Waals surface area (Å²) in [5.41, 5.74) is 5.74. The lowest BCUT2D eigenvalue weighted by Crippen LogP contribution is -2.24. The third kappa shape index (κ3) is 5.24. The molecule has 124 valence electrons. The lowest BCUT2D eigenvalue weighted by Gasteiger charge is -2.08. The number of aromatic hydroxyl groups is 1. The summed E-state index contributed by atoms with van der Waals surface area (Å²) in [4.78, 5) is 23.6. The Hall–Kier alpha value is -3.15. The Bertz CT molecular complexity index is 768. The number of hydrogen-bond acceptors (Lipinski definition) is 4. The van der Waals surface area contributed by atoms with E-state index in [0.29, 0.717) is 11.3 Å². The summed E-state index contributed by atoms with van der Waals surface area (Å²) >= 11 is 0. The highest BCUT2D eigenvalue weighted by Gasteiger charge is 2.10. The minimum absolute atomic E-state index is 0.152. The lowest BCUT2D eigenvalue weighted by atomic mass is 10.1. The van der Waals surface area contributed by atoms with Crippen LogP contribution in [-0.2, 0) is 9.59 Å². The number of phenols is 1. The first-order valence-corrected chi connectivity index (χ1v) is 7.42. The molecule has 0 fully saturated rings. The van der Waals surface area contributed by atoms with Crippen LogP contribution in [0.25, 0.3) is 0 Å². The fourth-order valence-corrected chi connectivity index (χ4v) is 2.07. The molecule has 6 heteroatoms. The molecule has 6 nitrogen and oxygen atoms in total. The number of hydrazone groups is 1. The Balaban J connectivity index is 1.83. The van der Waals surface area contributed by atoms with Crippen molar-refractivity contribution >= 4 is 23.7 Å². The first-order chi connectivity index (χ1) is 11.4. The largest absolute Gasteiger partial charge is 0.508 e. The number of carbonyl (C=O) groups is 2. The number of amides is 2. The molecule has 0 aliphatic heterocycles. The maximum Gasteiger partial charge on any atom is 0.249 e. The number of hydrogen-bond donors (Lipinski definition) is 3. The molecule has 0 atom stereocenters. The molecule has 0 aliphatic rings. The Morgan fingerprint density at radius 1 is 1.08 bits per heavy atom. The second-order valence-electron chi connectivity index (χ2n) is 5.43. The van der Waals surface area contributed by atoms with Crippen LogP contribution in [0.15, 0.2) is 47.6 Å². The van der Waals surface area contributed by atoms with Gasteiger partial charge in [0, 0.05) is 5.69 Å². The smallest absolute Gasteiger partial charge is 0.249 e. The molecule has 0 unspecified atom stereocenters. The first-order valence-electron chi connectivity index (χ1n) is 7.42. The van der Waals surface area contributed by atoms with Crippen molar-refractivity contribution in [2.75, 3.05) is 5.32 Å². The lowest BCUT2D eigenvalue weighted by molar-refractivity contribution is -0.126. The van der Waals surface area contributed by atoms with E-state index in [9.17, 15) is 9.59 Å². The standard InChI is InChI=1S/C18H19N3O3/c1-12-3-8-16(13(2)9-12)20-17(23)10-18(24)21-19-11-14-4-6-15(22)7-5-14/h3-9,11,22H,10H2,1-2H3,(H,20,23)(H,21,24). The minimum Gasteiger partial charge on any atom is -0.508 e. The van der Waals surface area contributed by atoms with E-state index in [4.69, 9.17) is 5.11 Å². The van der Waals surface area contributed by atoms with E-state index in [-0.39, 0.29) is 12.2 Å². The Morgan fingerprint density at radius 3 is 2.46 bits per heavy atom. The summed E-state index contributed by atoms with van der Waals surface area (Å²) in [5.74, 6) is -0.758. The van der Waals surface area contributed by atoms with Crippen LogP contribution in [0, 0.1) is 13.8 Å². The van der Waals surface area contributed by atoms with Crippen molar-refractivity contribution < 1.29 is 14.7 Å². The predicted octanol–water partition coefficient (Wildman–Crippen LogP) is 2.49.